The molecule has 262 valence electrons. The van der Waals surface area contributed by atoms with Gasteiger partial charge in [-0.2, -0.15) is 0 Å². The van der Waals surface area contributed by atoms with E-state index in [2.05, 4.69) is 130 Å². The molecule has 2 amide bonds. The predicted octanol–water partition coefficient (Wildman–Crippen LogP) is 13.2. The van der Waals surface area contributed by atoms with Crippen molar-refractivity contribution in [1.29, 1.82) is 0 Å². The van der Waals surface area contributed by atoms with E-state index in [9.17, 15) is 9.59 Å². The lowest BCUT2D eigenvalue weighted by molar-refractivity contribution is 0.0893. The van der Waals surface area contributed by atoms with Crippen LogP contribution in [-0.4, -0.2) is 11.8 Å². The lowest BCUT2D eigenvalue weighted by Crippen LogP contribution is -2.42. The molecule has 0 aromatic heterocycles. The van der Waals surface area contributed by atoms with Gasteiger partial charge in [-0.05, 0) is 108 Å². The molecule has 1 aliphatic rings. The van der Waals surface area contributed by atoms with Gasteiger partial charge in [-0.15, -0.1) is 0 Å². The van der Waals surface area contributed by atoms with Gasteiger partial charge in [-0.3, -0.25) is 9.59 Å². The summed E-state index contributed by atoms with van der Waals surface area (Å²) >= 11 is 0. The highest BCUT2D eigenvalue weighted by molar-refractivity contribution is 6.42. The lowest BCUT2D eigenvalue weighted by atomic mass is 9.80. The van der Waals surface area contributed by atoms with Crippen LogP contribution in [0.4, 0.5) is 5.69 Å². The van der Waals surface area contributed by atoms with E-state index in [1.54, 1.807) is 0 Å². The Hall–Kier alpha value is -5.22. The first-order valence-electron chi connectivity index (χ1n) is 18.6. The van der Waals surface area contributed by atoms with Gasteiger partial charge in [-0.1, -0.05) is 124 Å². The summed E-state index contributed by atoms with van der Waals surface area (Å²) in [5.74, 6) is 1.28. The number of rotatable bonds is 5. The van der Waals surface area contributed by atoms with Crippen LogP contribution < -0.4 is 9.64 Å². The highest BCUT2D eigenvalue weighted by Crippen LogP contribution is 2.48. The minimum atomic E-state index is -0.265. The van der Waals surface area contributed by atoms with E-state index in [-0.39, 0.29) is 34.5 Å². The van der Waals surface area contributed by atoms with E-state index in [1.807, 2.05) is 30.3 Å². The topological polar surface area (TPSA) is 46.6 Å². The Bertz CT molecular complexity index is 2490. The highest BCUT2D eigenvalue weighted by Gasteiger charge is 2.38. The average Bonchev–Trinajstić information content (AvgIpc) is 3.09. The summed E-state index contributed by atoms with van der Waals surface area (Å²) in [6.45, 7) is 21.8. The second-order valence-electron chi connectivity index (χ2n) is 17.3. The van der Waals surface area contributed by atoms with Gasteiger partial charge in [0.2, 0.25) is 0 Å². The zero-order valence-electron chi connectivity index (χ0n) is 32.0. The molecule has 7 aromatic carbocycles. The van der Waals surface area contributed by atoms with E-state index in [1.165, 1.54) is 16.0 Å². The smallest absolute Gasteiger partial charge is 0.266 e. The van der Waals surface area contributed by atoms with Gasteiger partial charge < -0.3 is 4.74 Å². The molecule has 52 heavy (non-hydrogen) atoms. The Morgan fingerprint density at radius 3 is 1.52 bits per heavy atom. The van der Waals surface area contributed by atoms with Crippen LogP contribution in [-0.2, 0) is 10.8 Å². The van der Waals surface area contributed by atoms with Gasteiger partial charge in [0.25, 0.3) is 11.8 Å². The maximum atomic E-state index is 14.8. The van der Waals surface area contributed by atoms with Gasteiger partial charge in [0.1, 0.15) is 11.5 Å². The Kier molecular flexibility index (Phi) is 7.59. The van der Waals surface area contributed by atoms with Crippen molar-refractivity contribution >= 4 is 60.6 Å². The second kappa shape index (κ2) is 11.6. The SMILES string of the molecule is CC(C)c1cc(C(C)(C)C)cc(C(C)C)c1N1C(=O)c2ccc3c4cccc5c(Oc6ccc(C(C)(C)C)cc6)ccc(c6ccc(c2c36)C1=O)c54. The molecular formula is C48H47NO3. The number of benzene rings is 7. The molecule has 0 N–H and O–H groups in total. The number of anilines is 1. The molecule has 1 aliphatic heterocycles. The number of imide groups is 1. The summed E-state index contributed by atoms with van der Waals surface area (Å²) in [6, 6.07) is 31.3. The number of hydrogen-bond donors (Lipinski definition) is 0. The monoisotopic (exact) mass is 685 g/mol. The number of fused-ring (bicyclic) bond motifs is 2. The van der Waals surface area contributed by atoms with Gasteiger partial charge >= 0.3 is 0 Å². The van der Waals surface area contributed by atoms with Crippen molar-refractivity contribution in [2.24, 2.45) is 0 Å². The fourth-order valence-electron chi connectivity index (χ4n) is 8.16. The lowest BCUT2D eigenvalue weighted by Gasteiger charge is -2.34. The van der Waals surface area contributed by atoms with Crippen LogP contribution in [0.1, 0.15) is 124 Å². The molecule has 0 bridgehead atoms. The molecule has 1 heterocycles. The summed E-state index contributed by atoms with van der Waals surface area (Å²) in [7, 11) is 0. The second-order valence-corrected chi connectivity index (χ2v) is 17.3. The minimum Gasteiger partial charge on any atom is -0.457 e. The average molecular weight is 686 g/mol. The molecule has 8 rings (SSSR count). The largest absolute Gasteiger partial charge is 0.457 e. The predicted molar refractivity (Wildman–Crippen MR) is 217 cm³/mol. The van der Waals surface area contributed by atoms with E-state index >= 15 is 0 Å². The fourth-order valence-corrected chi connectivity index (χ4v) is 8.16. The third-order valence-electron chi connectivity index (χ3n) is 11.1. The van der Waals surface area contributed by atoms with Crippen molar-refractivity contribution in [3.63, 3.8) is 0 Å². The third-order valence-corrected chi connectivity index (χ3v) is 11.1. The summed E-state index contributed by atoms with van der Waals surface area (Å²) < 4.78 is 6.53. The van der Waals surface area contributed by atoms with Crippen molar-refractivity contribution in [2.75, 3.05) is 4.90 Å². The quantitative estimate of drug-likeness (QED) is 0.103. The maximum Gasteiger partial charge on any atom is 0.266 e. The number of hydrogen-bond acceptors (Lipinski definition) is 3. The van der Waals surface area contributed by atoms with Crippen LogP contribution in [0.5, 0.6) is 11.5 Å². The zero-order chi connectivity index (χ0) is 37.0. The summed E-state index contributed by atoms with van der Waals surface area (Å²) in [4.78, 5) is 31.1. The molecule has 0 radical (unpaired) electrons. The normalized spacial score (nSPS) is 14.0. The number of amides is 2. The molecule has 4 heteroatoms. The van der Waals surface area contributed by atoms with Gasteiger partial charge in [0, 0.05) is 27.3 Å². The van der Waals surface area contributed by atoms with Crippen LogP contribution >= 0.6 is 0 Å². The van der Waals surface area contributed by atoms with Crippen molar-refractivity contribution in [2.45, 2.75) is 91.9 Å². The minimum absolute atomic E-state index is 0.0622. The Labute approximate surface area is 306 Å². The van der Waals surface area contributed by atoms with Crippen LogP contribution in [0.3, 0.4) is 0 Å². The molecule has 0 saturated carbocycles. The first kappa shape index (κ1) is 33.9. The molecule has 0 aliphatic carbocycles. The van der Waals surface area contributed by atoms with E-state index < -0.39 is 0 Å². The van der Waals surface area contributed by atoms with Gasteiger partial charge in [0.05, 0.1) is 5.69 Å². The van der Waals surface area contributed by atoms with Crippen LogP contribution in [0, 0.1) is 0 Å². The summed E-state index contributed by atoms with van der Waals surface area (Å²) in [5, 5.41) is 8.02. The molecular weight excluding hydrogens is 639 g/mol. The maximum absolute atomic E-state index is 14.8. The van der Waals surface area contributed by atoms with E-state index in [4.69, 9.17) is 4.74 Å². The Balaban J connectivity index is 1.31. The molecule has 0 spiro atoms. The fraction of sp³-hybridized carbons (Fsp3) is 0.292. The van der Waals surface area contributed by atoms with E-state index in [0.29, 0.717) is 11.1 Å². The van der Waals surface area contributed by atoms with Crippen molar-refractivity contribution in [3.05, 3.63) is 124 Å². The van der Waals surface area contributed by atoms with Crippen LogP contribution in [0.25, 0.3) is 43.1 Å². The number of carbonyl (C=O) groups is 2. The number of carbonyl (C=O) groups excluding carboxylic acids is 2. The molecule has 4 nitrogen and oxygen atoms in total. The van der Waals surface area contributed by atoms with Crippen LogP contribution in [0.2, 0.25) is 0 Å². The summed E-state index contributed by atoms with van der Waals surface area (Å²) in [6.07, 6.45) is 0. The first-order valence-corrected chi connectivity index (χ1v) is 18.6. The van der Waals surface area contributed by atoms with Crippen molar-refractivity contribution in [3.8, 4) is 11.5 Å². The molecule has 0 unspecified atom stereocenters. The molecule has 0 saturated heterocycles. The Morgan fingerprint density at radius 1 is 0.519 bits per heavy atom. The number of nitrogens with zero attached hydrogens (tertiary/aromatic N) is 1. The molecule has 0 fully saturated rings. The van der Waals surface area contributed by atoms with Crippen LogP contribution in [0.15, 0.2) is 91.0 Å². The zero-order valence-corrected chi connectivity index (χ0v) is 32.0. The van der Waals surface area contributed by atoms with Crippen molar-refractivity contribution < 1.29 is 14.3 Å². The first-order chi connectivity index (χ1) is 24.6. The third kappa shape index (κ3) is 5.10. The Morgan fingerprint density at radius 2 is 1.00 bits per heavy atom. The van der Waals surface area contributed by atoms with Gasteiger partial charge in [0.15, 0.2) is 0 Å². The molecule has 7 aromatic rings. The molecule has 0 atom stereocenters. The van der Waals surface area contributed by atoms with Crippen molar-refractivity contribution in [1.82, 2.24) is 0 Å². The highest BCUT2D eigenvalue weighted by atomic mass is 16.5. The standard InChI is InChI=1S/C48H47NO3/c1-26(2)38-24-29(48(8,9)10)25-39(27(3)4)44(38)49-45(50)36-20-18-33-31-12-11-13-35-40(52-30-16-14-28(15-17-30)47(5,6)7)23-22-32(41(31)35)34-19-21-37(46(49)51)43(36)42(33)34/h11-27H,1-10H3. The van der Waals surface area contributed by atoms with Gasteiger partial charge in [-0.25, -0.2) is 4.90 Å². The summed E-state index contributed by atoms with van der Waals surface area (Å²) in [5.41, 5.74) is 6.36. The number of ether oxygens (including phenoxy) is 1. The van der Waals surface area contributed by atoms with E-state index in [0.717, 1.165) is 71.4 Å².